The van der Waals surface area contributed by atoms with Crippen LogP contribution in [0.1, 0.15) is 16.7 Å². The van der Waals surface area contributed by atoms with Crippen LogP contribution in [0.2, 0.25) is 0 Å². The molecule has 2 aromatic carbocycles. The van der Waals surface area contributed by atoms with Crippen molar-refractivity contribution in [3.8, 4) is 5.75 Å². The van der Waals surface area contributed by atoms with E-state index in [0.29, 0.717) is 13.1 Å². The minimum Gasteiger partial charge on any atom is -0.497 e. The number of carbonyl (C=O) groups excluding carboxylic acids is 1. The molecule has 2 rings (SSSR count). The largest absolute Gasteiger partial charge is 0.497 e. The highest BCUT2D eigenvalue weighted by Gasteiger charge is 2.02. The summed E-state index contributed by atoms with van der Waals surface area (Å²) in [5, 5.41) is 5.76. The second kappa shape index (κ2) is 9.69. The Kier molecular flexibility index (Phi) is 7.29. The van der Waals surface area contributed by atoms with Crippen molar-refractivity contribution in [3.63, 3.8) is 0 Å². The third-order valence-corrected chi connectivity index (χ3v) is 3.83. The Morgan fingerprint density at radius 2 is 1.52 bits per heavy atom. The minimum absolute atomic E-state index is 0.147. The van der Waals surface area contributed by atoms with E-state index >= 15 is 0 Å². The van der Waals surface area contributed by atoms with Crippen molar-refractivity contribution in [2.24, 2.45) is 0 Å². The fraction of sp³-hybridized carbons (Fsp3) is 0.350. The van der Waals surface area contributed by atoms with Crippen molar-refractivity contribution in [1.82, 2.24) is 15.5 Å². The van der Waals surface area contributed by atoms with Crippen LogP contribution in [0.25, 0.3) is 0 Å². The zero-order valence-electron chi connectivity index (χ0n) is 15.2. The predicted octanol–water partition coefficient (Wildman–Crippen LogP) is 2.80. The molecule has 0 aliphatic carbocycles. The van der Waals surface area contributed by atoms with Crippen molar-refractivity contribution in [3.05, 3.63) is 65.2 Å². The van der Waals surface area contributed by atoms with Gasteiger partial charge < -0.3 is 20.3 Å². The highest BCUT2D eigenvalue weighted by Crippen LogP contribution is 2.11. The number of urea groups is 1. The number of hydrogen-bond acceptors (Lipinski definition) is 3. The summed E-state index contributed by atoms with van der Waals surface area (Å²) in [6.45, 7) is 2.04. The molecule has 0 saturated heterocycles. The number of nitrogens with one attached hydrogen (secondary N) is 2. The first kappa shape index (κ1) is 18.8. The lowest BCUT2D eigenvalue weighted by Gasteiger charge is -2.11. The molecule has 0 heterocycles. The van der Waals surface area contributed by atoms with Gasteiger partial charge in [0.1, 0.15) is 5.75 Å². The van der Waals surface area contributed by atoms with Gasteiger partial charge in [-0.05, 0) is 49.3 Å². The number of amides is 2. The Balaban J connectivity index is 1.67. The van der Waals surface area contributed by atoms with Gasteiger partial charge in [-0.25, -0.2) is 4.79 Å². The first-order valence-electron chi connectivity index (χ1n) is 8.44. The van der Waals surface area contributed by atoms with E-state index in [1.807, 2.05) is 38.4 Å². The van der Waals surface area contributed by atoms with E-state index in [0.717, 1.165) is 29.8 Å². The van der Waals surface area contributed by atoms with E-state index in [4.69, 9.17) is 4.74 Å². The lowest BCUT2D eigenvalue weighted by molar-refractivity contribution is 0.240. The van der Waals surface area contributed by atoms with Gasteiger partial charge in [0.2, 0.25) is 0 Å². The Labute approximate surface area is 150 Å². The third-order valence-electron chi connectivity index (χ3n) is 3.83. The zero-order chi connectivity index (χ0) is 18.1. The first-order valence-corrected chi connectivity index (χ1v) is 8.44. The fourth-order valence-electron chi connectivity index (χ4n) is 2.49. The monoisotopic (exact) mass is 341 g/mol. The van der Waals surface area contributed by atoms with Crippen molar-refractivity contribution >= 4 is 6.03 Å². The summed E-state index contributed by atoms with van der Waals surface area (Å²) < 4.78 is 5.13. The van der Waals surface area contributed by atoms with Crippen molar-refractivity contribution in [2.45, 2.75) is 19.5 Å². The molecule has 5 heteroatoms. The second-order valence-corrected chi connectivity index (χ2v) is 6.26. The van der Waals surface area contributed by atoms with Crippen LogP contribution < -0.4 is 15.4 Å². The maximum atomic E-state index is 11.9. The molecule has 0 unspecified atom stereocenters. The number of ether oxygens (including phenoxy) is 1. The molecule has 0 bridgehead atoms. The summed E-state index contributed by atoms with van der Waals surface area (Å²) in [7, 11) is 5.74. The Morgan fingerprint density at radius 1 is 0.920 bits per heavy atom. The van der Waals surface area contributed by atoms with E-state index in [1.54, 1.807) is 7.11 Å². The van der Waals surface area contributed by atoms with E-state index in [-0.39, 0.29) is 6.03 Å². The topological polar surface area (TPSA) is 53.6 Å². The molecule has 25 heavy (non-hydrogen) atoms. The van der Waals surface area contributed by atoms with Crippen LogP contribution in [0.15, 0.2) is 48.5 Å². The molecular formula is C20H27N3O2. The van der Waals surface area contributed by atoms with E-state index in [9.17, 15) is 4.79 Å². The molecule has 5 nitrogen and oxygen atoms in total. The fourth-order valence-corrected chi connectivity index (χ4v) is 2.49. The van der Waals surface area contributed by atoms with E-state index in [1.165, 1.54) is 5.56 Å². The van der Waals surface area contributed by atoms with Crippen molar-refractivity contribution in [1.29, 1.82) is 0 Å². The number of nitrogens with zero attached hydrogens (tertiary/aromatic N) is 1. The number of carbonyl (C=O) groups is 1. The number of methoxy groups -OCH3 is 1. The maximum Gasteiger partial charge on any atom is 0.315 e. The van der Waals surface area contributed by atoms with Gasteiger partial charge in [0.15, 0.2) is 0 Å². The van der Waals surface area contributed by atoms with Crippen LogP contribution in [0, 0.1) is 0 Å². The molecule has 0 spiro atoms. The predicted molar refractivity (Wildman–Crippen MR) is 101 cm³/mol. The number of benzene rings is 2. The normalized spacial score (nSPS) is 10.6. The van der Waals surface area contributed by atoms with Gasteiger partial charge in [-0.1, -0.05) is 36.4 Å². The summed E-state index contributed by atoms with van der Waals surface area (Å²) in [5.41, 5.74) is 3.52. The molecule has 2 aromatic rings. The average molecular weight is 341 g/mol. The van der Waals surface area contributed by atoms with E-state index < -0.39 is 0 Å². The quantitative estimate of drug-likeness (QED) is 0.776. The lowest BCUT2D eigenvalue weighted by Crippen LogP contribution is -2.36. The van der Waals surface area contributed by atoms with Gasteiger partial charge in [-0.2, -0.15) is 0 Å². The average Bonchev–Trinajstić information content (AvgIpc) is 2.61. The SMILES string of the molecule is COc1ccc(CCNC(=O)NCc2ccc(CN(C)C)cc2)cc1. The van der Waals surface area contributed by atoms with Gasteiger partial charge in [0.05, 0.1) is 7.11 Å². The molecule has 0 aliphatic heterocycles. The Bertz CT molecular complexity index is 652. The summed E-state index contributed by atoms with van der Waals surface area (Å²) in [4.78, 5) is 14.0. The van der Waals surface area contributed by atoms with Crippen LogP contribution in [0.5, 0.6) is 5.75 Å². The highest BCUT2D eigenvalue weighted by atomic mass is 16.5. The van der Waals surface area contributed by atoms with Gasteiger partial charge in [-0.3, -0.25) is 0 Å². The molecule has 0 radical (unpaired) electrons. The van der Waals surface area contributed by atoms with Crippen LogP contribution in [0.3, 0.4) is 0 Å². The Hall–Kier alpha value is -2.53. The molecular weight excluding hydrogens is 314 g/mol. The lowest BCUT2D eigenvalue weighted by atomic mass is 10.1. The molecule has 134 valence electrons. The summed E-state index contributed by atoms with van der Waals surface area (Å²) in [5.74, 6) is 0.839. The summed E-state index contributed by atoms with van der Waals surface area (Å²) in [6.07, 6.45) is 0.788. The number of hydrogen-bond donors (Lipinski definition) is 2. The summed E-state index contributed by atoms with van der Waals surface area (Å²) >= 11 is 0. The van der Waals surface area contributed by atoms with Gasteiger partial charge >= 0.3 is 6.03 Å². The minimum atomic E-state index is -0.147. The third kappa shape index (κ3) is 6.85. The van der Waals surface area contributed by atoms with Gasteiger partial charge in [0.25, 0.3) is 0 Å². The van der Waals surface area contributed by atoms with Crippen LogP contribution in [-0.4, -0.2) is 38.7 Å². The van der Waals surface area contributed by atoms with Crippen LogP contribution >= 0.6 is 0 Å². The highest BCUT2D eigenvalue weighted by molar-refractivity contribution is 5.73. The molecule has 0 atom stereocenters. The zero-order valence-corrected chi connectivity index (χ0v) is 15.2. The molecule has 0 aromatic heterocycles. The molecule has 0 saturated carbocycles. The number of rotatable bonds is 8. The first-order chi connectivity index (χ1) is 12.1. The second-order valence-electron chi connectivity index (χ2n) is 6.26. The van der Waals surface area contributed by atoms with Gasteiger partial charge in [0, 0.05) is 19.6 Å². The smallest absolute Gasteiger partial charge is 0.315 e. The molecule has 2 N–H and O–H groups in total. The maximum absolute atomic E-state index is 11.9. The molecule has 2 amide bonds. The Morgan fingerprint density at radius 3 is 2.12 bits per heavy atom. The molecule has 0 aliphatic rings. The van der Waals surface area contributed by atoms with Crippen molar-refractivity contribution in [2.75, 3.05) is 27.7 Å². The van der Waals surface area contributed by atoms with Crippen LogP contribution in [-0.2, 0) is 19.5 Å². The molecule has 0 fully saturated rings. The standard InChI is InChI=1S/C20H27N3O2/c1-23(2)15-18-6-4-17(5-7-18)14-22-20(24)21-13-12-16-8-10-19(25-3)11-9-16/h4-11H,12-15H2,1-3H3,(H2,21,22,24). The van der Waals surface area contributed by atoms with Crippen LogP contribution in [0.4, 0.5) is 4.79 Å². The van der Waals surface area contributed by atoms with E-state index in [2.05, 4.69) is 39.8 Å². The summed E-state index contributed by atoms with van der Waals surface area (Å²) in [6, 6.07) is 16.0. The van der Waals surface area contributed by atoms with Crippen molar-refractivity contribution < 1.29 is 9.53 Å². The van der Waals surface area contributed by atoms with Gasteiger partial charge in [-0.15, -0.1) is 0 Å².